The van der Waals surface area contributed by atoms with Gasteiger partial charge in [-0.05, 0) is 30.3 Å². The maximum absolute atomic E-state index is 14.1. The van der Waals surface area contributed by atoms with Gasteiger partial charge in [0.2, 0.25) is 0 Å². The predicted octanol–water partition coefficient (Wildman–Crippen LogP) is 2.82. The molecule has 0 saturated heterocycles. The van der Waals surface area contributed by atoms with E-state index in [1.807, 2.05) is 0 Å². The van der Waals surface area contributed by atoms with Crippen LogP contribution >= 0.6 is 11.6 Å². The number of nitrogens with two attached hydrogens (primary N) is 1. The van der Waals surface area contributed by atoms with Crippen LogP contribution in [0.3, 0.4) is 0 Å². The highest BCUT2D eigenvalue weighted by Gasteiger charge is 2.18. The van der Waals surface area contributed by atoms with E-state index in [1.165, 1.54) is 6.07 Å². The van der Waals surface area contributed by atoms with Gasteiger partial charge in [0.25, 0.3) is 0 Å². The Hall–Kier alpha value is -2.24. The van der Waals surface area contributed by atoms with Crippen LogP contribution in [0.15, 0.2) is 52.4 Å². The van der Waals surface area contributed by atoms with Gasteiger partial charge in [0.05, 0.1) is 17.9 Å². The number of nitrogens with one attached hydrogen (secondary N) is 1. The van der Waals surface area contributed by atoms with Gasteiger partial charge in [-0.2, -0.15) is 0 Å². The molecule has 106 valence electrons. The molecule has 0 saturated carbocycles. The maximum Gasteiger partial charge on any atom is 0.138 e. The number of hydrogen-bond donors (Lipinski definition) is 2. The molecule has 6 heteroatoms. The highest BCUT2D eigenvalue weighted by atomic mass is 35.5. The van der Waals surface area contributed by atoms with Crippen LogP contribution < -0.4 is 11.3 Å². The summed E-state index contributed by atoms with van der Waals surface area (Å²) in [5, 5.41) is 0.539. The zero-order valence-electron chi connectivity index (χ0n) is 11.0. The second-order valence-corrected chi connectivity index (χ2v) is 4.95. The Bertz CT molecular complexity index is 755. The van der Waals surface area contributed by atoms with Crippen molar-refractivity contribution in [1.29, 1.82) is 0 Å². The third-order valence-corrected chi connectivity index (χ3v) is 3.39. The van der Waals surface area contributed by atoms with E-state index in [9.17, 15) is 4.39 Å². The lowest BCUT2D eigenvalue weighted by atomic mass is 10.0. The molecule has 0 aromatic heterocycles. The van der Waals surface area contributed by atoms with Gasteiger partial charge in [-0.1, -0.05) is 23.7 Å². The van der Waals surface area contributed by atoms with Crippen molar-refractivity contribution in [3.8, 4) is 0 Å². The van der Waals surface area contributed by atoms with E-state index in [2.05, 4.69) is 15.4 Å². The van der Waals surface area contributed by atoms with Crippen LogP contribution in [-0.4, -0.2) is 18.1 Å². The van der Waals surface area contributed by atoms with Gasteiger partial charge in [-0.25, -0.2) is 15.2 Å². The van der Waals surface area contributed by atoms with E-state index in [0.29, 0.717) is 33.4 Å². The second-order valence-electron chi connectivity index (χ2n) is 4.51. The zero-order valence-corrected chi connectivity index (χ0v) is 11.7. The molecule has 3 rings (SSSR count). The Morgan fingerprint density at radius 1 is 1.14 bits per heavy atom. The Morgan fingerprint density at radius 2 is 1.95 bits per heavy atom. The molecule has 4 nitrogen and oxygen atoms in total. The van der Waals surface area contributed by atoms with Crippen LogP contribution in [0.5, 0.6) is 0 Å². The van der Waals surface area contributed by atoms with E-state index in [1.54, 1.807) is 36.4 Å². The van der Waals surface area contributed by atoms with Gasteiger partial charge in [0, 0.05) is 16.1 Å². The van der Waals surface area contributed by atoms with E-state index >= 15 is 0 Å². The fraction of sp³-hybridized carbons (Fsp3) is 0.0667. The molecule has 0 fully saturated rings. The fourth-order valence-electron chi connectivity index (χ4n) is 2.18. The van der Waals surface area contributed by atoms with Crippen LogP contribution in [0.1, 0.15) is 11.1 Å². The van der Waals surface area contributed by atoms with Crippen molar-refractivity contribution in [2.24, 2.45) is 15.8 Å². The summed E-state index contributed by atoms with van der Waals surface area (Å²) in [4.78, 5) is 8.82. The van der Waals surface area contributed by atoms with Crippen LogP contribution in [0.4, 0.5) is 10.1 Å². The molecule has 0 unspecified atom stereocenters. The van der Waals surface area contributed by atoms with Crippen molar-refractivity contribution in [2.75, 3.05) is 6.54 Å². The van der Waals surface area contributed by atoms with E-state index in [4.69, 9.17) is 17.4 Å². The number of hydrogen-bond acceptors (Lipinski definition) is 4. The van der Waals surface area contributed by atoms with E-state index in [-0.39, 0.29) is 12.4 Å². The molecule has 1 heterocycles. The summed E-state index contributed by atoms with van der Waals surface area (Å²) in [5.41, 5.74) is 4.75. The normalized spacial score (nSPS) is 13.9. The predicted molar refractivity (Wildman–Crippen MR) is 82.8 cm³/mol. The first-order valence-corrected chi connectivity index (χ1v) is 6.70. The van der Waals surface area contributed by atoms with Crippen molar-refractivity contribution in [3.63, 3.8) is 0 Å². The average molecular weight is 303 g/mol. The molecule has 0 spiro atoms. The number of amidine groups is 1. The summed E-state index contributed by atoms with van der Waals surface area (Å²) in [7, 11) is 0. The summed E-state index contributed by atoms with van der Waals surface area (Å²) >= 11 is 6.06. The number of benzene rings is 2. The Labute approximate surface area is 126 Å². The maximum atomic E-state index is 14.1. The Morgan fingerprint density at radius 3 is 2.71 bits per heavy atom. The molecule has 2 aromatic carbocycles. The molecule has 1 aliphatic heterocycles. The molecule has 0 amide bonds. The van der Waals surface area contributed by atoms with Gasteiger partial charge in [0.1, 0.15) is 11.7 Å². The van der Waals surface area contributed by atoms with Crippen molar-refractivity contribution in [3.05, 3.63) is 64.4 Å². The first kappa shape index (κ1) is 13.7. The number of rotatable bonds is 1. The molecule has 0 radical (unpaired) electrons. The number of aliphatic imine (C=N–C) groups is 2. The summed E-state index contributed by atoms with van der Waals surface area (Å²) in [5.74, 6) is 5.59. The smallest absolute Gasteiger partial charge is 0.138 e. The summed E-state index contributed by atoms with van der Waals surface area (Å²) in [6.07, 6.45) is 0. The molecular weight excluding hydrogens is 291 g/mol. The highest BCUT2D eigenvalue weighted by molar-refractivity contribution is 6.31. The highest BCUT2D eigenvalue weighted by Crippen LogP contribution is 2.28. The zero-order chi connectivity index (χ0) is 14.8. The standard InChI is InChI=1S/C15H12ClFN4/c16-9-5-6-13-11(7-9)15(19-8-14(20-13)21-18)10-3-1-2-4-12(10)17/h1-7H,8,18H2,(H,20,21). The molecule has 21 heavy (non-hydrogen) atoms. The molecule has 0 bridgehead atoms. The third kappa shape index (κ3) is 2.66. The fourth-order valence-corrected chi connectivity index (χ4v) is 2.35. The minimum absolute atomic E-state index is 0.243. The summed E-state index contributed by atoms with van der Waals surface area (Å²) < 4.78 is 14.1. The quantitative estimate of drug-likeness (QED) is 0.628. The van der Waals surface area contributed by atoms with Gasteiger partial charge < -0.3 is 5.43 Å². The van der Waals surface area contributed by atoms with Gasteiger partial charge in [-0.3, -0.25) is 4.99 Å². The Balaban J connectivity index is 2.22. The molecule has 0 atom stereocenters. The second kappa shape index (κ2) is 5.63. The van der Waals surface area contributed by atoms with E-state index in [0.717, 1.165) is 0 Å². The van der Waals surface area contributed by atoms with Gasteiger partial charge >= 0.3 is 0 Å². The van der Waals surface area contributed by atoms with Crippen molar-refractivity contribution in [2.45, 2.75) is 0 Å². The van der Waals surface area contributed by atoms with Crippen LogP contribution in [-0.2, 0) is 0 Å². The number of fused-ring (bicyclic) bond motifs is 1. The topological polar surface area (TPSA) is 62.8 Å². The molecule has 0 aliphatic carbocycles. The summed E-state index contributed by atoms with van der Waals surface area (Å²) in [6.45, 7) is 0.243. The lowest BCUT2D eigenvalue weighted by molar-refractivity contribution is 0.625. The van der Waals surface area contributed by atoms with Crippen LogP contribution in [0, 0.1) is 5.82 Å². The van der Waals surface area contributed by atoms with Gasteiger partial charge in [0.15, 0.2) is 0 Å². The van der Waals surface area contributed by atoms with Crippen molar-refractivity contribution >= 4 is 28.8 Å². The van der Waals surface area contributed by atoms with Crippen molar-refractivity contribution < 1.29 is 4.39 Å². The van der Waals surface area contributed by atoms with Gasteiger partial charge in [-0.15, -0.1) is 0 Å². The number of nitrogens with zero attached hydrogens (tertiary/aromatic N) is 2. The minimum Gasteiger partial charge on any atom is -0.310 e. The Kier molecular flexibility index (Phi) is 3.68. The van der Waals surface area contributed by atoms with Crippen molar-refractivity contribution in [1.82, 2.24) is 5.43 Å². The number of halogens is 2. The molecular formula is C15H12ClFN4. The molecule has 3 N–H and O–H groups in total. The lowest BCUT2D eigenvalue weighted by Gasteiger charge is -2.09. The first-order chi connectivity index (χ1) is 10.2. The van der Waals surface area contributed by atoms with Crippen LogP contribution in [0.2, 0.25) is 5.02 Å². The third-order valence-electron chi connectivity index (χ3n) is 3.15. The number of hydrazine groups is 1. The lowest BCUT2D eigenvalue weighted by Crippen LogP contribution is -2.32. The summed E-state index contributed by atoms with van der Waals surface area (Å²) in [6, 6.07) is 11.7. The van der Waals surface area contributed by atoms with Crippen LogP contribution in [0.25, 0.3) is 0 Å². The molecule has 1 aliphatic rings. The monoisotopic (exact) mass is 302 g/mol. The SMILES string of the molecule is NNC1=Nc2ccc(Cl)cc2C(c2ccccc2F)=NC1. The average Bonchev–Trinajstić information content (AvgIpc) is 2.67. The molecule has 2 aromatic rings. The largest absolute Gasteiger partial charge is 0.310 e. The van der Waals surface area contributed by atoms with E-state index < -0.39 is 0 Å². The first-order valence-electron chi connectivity index (χ1n) is 6.32. The minimum atomic E-state index is -0.341.